The lowest BCUT2D eigenvalue weighted by Crippen LogP contribution is -2.48. The monoisotopic (exact) mass is 294 g/mol. The molecule has 0 bridgehead atoms. The number of hydrogen-bond donors (Lipinski definition) is 1. The van der Waals surface area contributed by atoms with E-state index in [1.54, 1.807) is 12.1 Å². The highest BCUT2D eigenvalue weighted by Gasteiger charge is 2.28. The molecule has 1 aromatic carbocycles. The molecule has 1 N–H and O–H groups in total. The minimum absolute atomic E-state index is 0.0497. The predicted molar refractivity (Wildman–Crippen MR) is 84.1 cm³/mol. The zero-order valence-corrected chi connectivity index (χ0v) is 13.2. The number of halogens is 1. The fraction of sp³-hybridized carbons (Fsp3) is 0.562. The standard InChI is InChI=1S/C16H23ClN2O/c1-11-8-12(2)10-19(9-11)13(3)16(20)18-15-6-4-14(17)5-7-15/h4-7,11-13H,8-10H2,1-3H3,(H,18,20)/t11-,12-,13+/m1/s1. The van der Waals surface area contributed by atoms with Gasteiger partial charge >= 0.3 is 0 Å². The highest BCUT2D eigenvalue weighted by Crippen LogP contribution is 2.23. The fourth-order valence-electron chi connectivity index (χ4n) is 2.97. The molecular formula is C16H23ClN2O. The van der Waals surface area contributed by atoms with Crippen LogP contribution in [0.1, 0.15) is 27.2 Å². The maximum absolute atomic E-state index is 12.3. The van der Waals surface area contributed by atoms with E-state index in [9.17, 15) is 4.79 Å². The summed E-state index contributed by atoms with van der Waals surface area (Å²) < 4.78 is 0. The second-order valence-corrected chi connectivity index (χ2v) is 6.51. The van der Waals surface area contributed by atoms with Crippen LogP contribution >= 0.6 is 11.6 Å². The number of anilines is 1. The van der Waals surface area contributed by atoms with Gasteiger partial charge in [-0.15, -0.1) is 0 Å². The second kappa shape index (κ2) is 6.59. The Labute approximate surface area is 126 Å². The normalized spacial score (nSPS) is 25.2. The Bertz CT molecular complexity index is 450. The summed E-state index contributed by atoms with van der Waals surface area (Å²) in [7, 11) is 0. The summed E-state index contributed by atoms with van der Waals surface area (Å²) in [5, 5.41) is 3.63. The molecule has 0 aliphatic carbocycles. The van der Waals surface area contributed by atoms with Gasteiger partial charge in [0.2, 0.25) is 5.91 Å². The summed E-state index contributed by atoms with van der Waals surface area (Å²) in [6.07, 6.45) is 1.25. The molecule has 0 spiro atoms. The number of likely N-dealkylation sites (tertiary alicyclic amines) is 1. The van der Waals surface area contributed by atoms with Crippen molar-refractivity contribution in [1.29, 1.82) is 0 Å². The van der Waals surface area contributed by atoms with Crippen molar-refractivity contribution in [3.8, 4) is 0 Å². The molecule has 1 aliphatic rings. The highest BCUT2D eigenvalue weighted by molar-refractivity contribution is 6.30. The lowest BCUT2D eigenvalue weighted by atomic mass is 9.91. The number of hydrogen-bond acceptors (Lipinski definition) is 2. The fourth-order valence-corrected chi connectivity index (χ4v) is 3.10. The van der Waals surface area contributed by atoms with Crippen LogP contribution in [-0.4, -0.2) is 29.9 Å². The van der Waals surface area contributed by atoms with Crippen LogP contribution in [0, 0.1) is 11.8 Å². The number of rotatable bonds is 3. The van der Waals surface area contributed by atoms with Gasteiger partial charge in [-0.2, -0.15) is 0 Å². The van der Waals surface area contributed by atoms with E-state index in [4.69, 9.17) is 11.6 Å². The average molecular weight is 295 g/mol. The topological polar surface area (TPSA) is 32.3 Å². The van der Waals surface area contributed by atoms with Gasteiger partial charge in [0.1, 0.15) is 0 Å². The Morgan fingerprint density at radius 2 is 1.80 bits per heavy atom. The summed E-state index contributed by atoms with van der Waals surface area (Å²) >= 11 is 5.84. The molecule has 0 saturated carbocycles. The van der Waals surface area contributed by atoms with Crippen LogP contribution in [0.3, 0.4) is 0 Å². The first-order valence-electron chi connectivity index (χ1n) is 7.26. The molecule has 1 fully saturated rings. The van der Waals surface area contributed by atoms with Crippen LogP contribution in [0.4, 0.5) is 5.69 Å². The van der Waals surface area contributed by atoms with E-state index in [1.165, 1.54) is 6.42 Å². The van der Waals surface area contributed by atoms with Crippen molar-refractivity contribution in [3.05, 3.63) is 29.3 Å². The molecule has 1 aliphatic heterocycles. The molecule has 4 heteroatoms. The van der Waals surface area contributed by atoms with Gasteiger partial charge in [-0.05, 0) is 49.4 Å². The first kappa shape index (κ1) is 15.3. The summed E-state index contributed by atoms with van der Waals surface area (Å²) in [5.74, 6) is 1.36. The molecule has 2 rings (SSSR count). The van der Waals surface area contributed by atoms with Crippen molar-refractivity contribution in [3.63, 3.8) is 0 Å². The van der Waals surface area contributed by atoms with E-state index >= 15 is 0 Å². The Morgan fingerprint density at radius 1 is 1.25 bits per heavy atom. The maximum atomic E-state index is 12.3. The molecule has 0 unspecified atom stereocenters. The van der Waals surface area contributed by atoms with E-state index in [1.807, 2.05) is 19.1 Å². The van der Waals surface area contributed by atoms with Crippen molar-refractivity contribution in [1.82, 2.24) is 4.90 Å². The zero-order valence-electron chi connectivity index (χ0n) is 12.4. The number of carbonyl (C=O) groups is 1. The van der Waals surface area contributed by atoms with Crippen molar-refractivity contribution in [2.24, 2.45) is 11.8 Å². The largest absolute Gasteiger partial charge is 0.325 e. The van der Waals surface area contributed by atoms with Crippen LogP contribution in [0.15, 0.2) is 24.3 Å². The van der Waals surface area contributed by atoms with Crippen molar-refractivity contribution >= 4 is 23.2 Å². The highest BCUT2D eigenvalue weighted by atomic mass is 35.5. The molecule has 3 nitrogen and oxygen atoms in total. The first-order chi connectivity index (χ1) is 9.45. The van der Waals surface area contributed by atoms with Gasteiger partial charge in [0.05, 0.1) is 6.04 Å². The second-order valence-electron chi connectivity index (χ2n) is 6.07. The van der Waals surface area contributed by atoms with E-state index in [2.05, 4.69) is 24.1 Å². The molecule has 1 heterocycles. The molecule has 20 heavy (non-hydrogen) atoms. The number of nitrogens with one attached hydrogen (secondary N) is 1. The van der Waals surface area contributed by atoms with E-state index in [-0.39, 0.29) is 11.9 Å². The van der Waals surface area contributed by atoms with Gasteiger partial charge in [0.25, 0.3) is 0 Å². The molecule has 0 aromatic heterocycles. The average Bonchev–Trinajstić information content (AvgIpc) is 2.39. The zero-order chi connectivity index (χ0) is 14.7. The Morgan fingerprint density at radius 3 is 2.35 bits per heavy atom. The number of amides is 1. The van der Waals surface area contributed by atoms with E-state index in [0.29, 0.717) is 16.9 Å². The third-order valence-corrected chi connectivity index (χ3v) is 4.19. The van der Waals surface area contributed by atoms with Gasteiger partial charge in [-0.3, -0.25) is 9.69 Å². The number of piperidine rings is 1. The van der Waals surface area contributed by atoms with Gasteiger partial charge in [0, 0.05) is 23.8 Å². The van der Waals surface area contributed by atoms with Crippen molar-refractivity contribution in [2.45, 2.75) is 33.2 Å². The first-order valence-corrected chi connectivity index (χ1v) is 7.64. The predicted octanol–water partition coefficient (Wildman–Crippen LogP) is 3.64. The molecule has 1 saturated heterocycles. The van der Waals surface area contributed by atoms with Crippen LogP contribution in [0.2, 0.25) is 5.02 Å². The van der Waals surface area contributed by atoms with E-state index in [0.717, 1.165) is 18.8 Å². The third kappa shape index (κ3) is 3.97. The van der Waals surface area contributed by atoms with Crippen LogP contribution in [-0.2, 0) is 4.79 Å². The Hall–Kier alpha value is -1.06. The van der Waals surface area contributed by atoms with Gasteiger partial charge in [-0.25, -0.2) is 0 Å². The molecule has 1 amide bonds. The minimum Gasteiger partial charge on any atom is -0.325 e. The molecule has 110 valence electrons. The molecule has 3 atom stereocenters. The number of nitrogens with zero attached hydrogens (tertiary/aromatic N) is 1. The van der Waals surface area contributed by atoms with Gasteiger partial charge < -0.3 is 5.32 Å². The summed E-state index contributed by atoms with van der Waals surface area (Å²) in [6.45, 7) is 8.49. The Balaban J connectivity index is 1.96. The summed E-state index contributed by atoms with van der Waals surface area (Å²) in [4.78, 5) is 14.6. The molecular weight excluding hydrogens is 272 g/mol. The maximum Gasteiger partial charge on any atom is 0.241 e. The minimum atomic E-state index is -0.101. The van der Waals surface area contributed by atoms with Gasteiger partial charge in [0.15, 0.2) is 0 Å². The quantitative estimate of drug-likeness (QED) is 0.923. The van der Waals surface area contributed by atoms with Crippen molar-refractivity contribution < 1.29 is 4.79 Å². The van der Waals surface area contributed by atoms with Crippen molar-refractivity contribution in [2.75, 3.05) is 18.4 Å². The Kier molecular flexibility index (Phi) is 5.06. The number of carbonyl (C=O) groups excluding carboxylic acids is 1. The van der Waals surface area contributed by atoms with Crippen LogP contribution < -0.4 is 5.32 Å². The number of benzene rings is 1. The van der Waals surface area contributed by atoms with Crippen LogP contribution in [0.5, 0.6) is 0 Å². The van der Waals surface area contributed by atoms with E-state index < -0.39 is 0 Å². The van der Waals surface area contributed by atoms with Crippen LogP contribution in [0.25, 0.3) is 0 Å². The molecule has 1 aromatic rings. The SMILES string of the molecule is C[C@@H]1C[C@@H](C)CN([C@@H](C)C(=O)Nc2ccc(Cl)cc2)C1. The van der Waals surface area contributed by atoms with Gasteiger partial charge in [-0.1, -0.05) is 25.4 Å². The summed E-state index contributed by atoms with van der Waals surface area (Å²) in [6, 6.07) is 7.12. The third-order valence-electron chi connectivity index (χ3n) is 3.94. The molecule has 0 radical (unpaired) electrons. The smallest absolute Gasteiger partial charge is 0.241 e. The lowest BCUT2D eigenvalue weighted by molar-refractivity contribution is -0.121. The summed E-state index contributed by atoms with van der Waals surface area (Å²) in [5.41, 5.74) is 0.796. The lowest BCUT2D eigenvalue weighted by Gasteiger charge is -2.38.